The number of cyclic esters (lactones) is 1. The molecule has 0 radical (unpaired) electrons. The van der Waals surface area contributed by atoms with Crippen LogP contribution in [0, 0.1) is 5.92 Å². The minimum Gasteiger partial charge on any atom is -0.464 e. The Labute approximate surface area is 124 Å². The smallest absolute Gasteiger partial charge is 0.408 e. The van der Waals surface area contributed by atoms with Crippen LogP contribution in [0.5, 0.6) is 0 Å². The third-order valence-electron chi connectivity index (χ3n) is 2.87. The van der Waals surface area contributed by atoms with Gasteiger partial charge in [-0.1, -0.05) is 13.8 Å². The van der Waals surface area contributed by atoms with E-state index in [2.05, 4.69) is 10.6 Å². The zero-order valence-electron chi connectivity index (χ0n) is 13.2. The number of hydrogen-bond donors (Lipinski definition) is 2. The molecule has 2 amide bonds. The SMILES string of the molecule is CC(C)[C@H](NC(=O)OC(C)(C)C)C(=O)N[C@H]1CCOC1=O. The number of nitrogens with one attached hydrogen (secondary N) is 2. The van der Waals surface area contributed by atoms with Crippen LogP contribution in [0.25, 0.3) is 0 Å². The number of rotatable bonds is 4. The van der Waals surface area contributed by atoms with E-state index >= 15 is 0 Å². The van der Waals surface area contributed by atoms with Gasteiger partial charge < -0.3 is 20.1 Å². The normalized spacial score (nSPS) is 19.9. The van der Waals surface area contributed by atoms with Gasteiger partial charge in [0.1, 0.15) is 17.7 Å². The van der Waals surface area contributed by atoms with Gasteiger partial charge in [0.2, 0.25) is 5.91 Å². The van der Waals surface area contributed by atoms with Gasteiger partial charge in [0.05, 0.1) is 6.61 Å². The largest absolute Gasteiger partial charge is 0.464 e. The molecule has 7 nitrogen and oxygen atoms in total. The molecule has 0 aromatic rings. The van der Waals surface area contributed by atoms with Crippen LogP contribution in [0.15, 0.2) is 0 Å². The highest BCUT2D eigenvalue weighted by molar-refractivity contribution is 5.90. The average Bonchev–Trinajstić information content (AvgIpc) is 2.69. The molecule has 0 aliphatic carbocycles. The lowest BCUT2D eigenvalue weighted by atomic mass is 10.0. The van der Waals surface area contributed by atoms with Crippen molar-refractivity contribution in [3.63, 3.8) is 0 Å². The van der Waals surface area contributed by atoms with Crippen molar-refractivity contribution in [2.75, 3.05) is 6.61 Å². The summed E-state index contributed by atoms with van der Waals surface area (Å²) in [5, 5.41) is 5.13. The zero-order chi connectivity index (χ0) is 16.2. The Bertz CT molecular complexity index is 414. The number of hydrogen-bond acceptors (Lipinski definition) is 5. The van der Waals surface area contributed by atoms with Crippen molar-refractivity contribution >= 4 is 18.0 Å². The maximum atomic E-state index is 12.2. The van der Waals surface area contributed by atoms with Gasteiger partial charge in [-0.2, -0.15) is 0 Å². The van der Waals surface area contributed by atoms with Gasteiger partial charge in [-0.25, -0.2) is 9.59 Å². The van der Waals surface area contributed by atoms with Gasteiger partial charge >= 0.3 is 12.1 Å². The van der Waals surface area contributed by atoms with E-state index in [4.69, 9.17) is 9.47 Å². The molecule has 1 heterocycles. The van der Waals surface area contributed by atoms with E-state index < -0.39 is 35.7 Å². The first-order valence-electron chi connectivity index (χ1n) is 7.06. The molecular formula is C14H24N2O5. The van der Waals surface area contributed by atoms with Gasteiger partial charge in [0.25, 0.3) is 0 Å². The molecule has 0 spiro atoms. The van der Waals surface area contributed by atoms with E-state index in [-0.39, 0.29) is 5.92 Å². The molecule has 1 saturated heterocycles. The highest BCUT2D eigenvalue weighted by Gasteiger charge is 2.33. The van der Waals surface area contributed by atoms with E-state index in [0.717, 1.165) is 0 Å². The predicted octanol–water partition coefficient (Wildman–Crippen LogP) is 0.967. The molecule has 120 valence electrons. The van der Waals surface area contributed by atoms with Crippen LogP contribution in [0.4, 0.5) is 4.79 Å². The van der Waals surface area contributed by atoms with Crippen LogP contribution in [-0.2, 0) is 19.1 Å². The van der Waals surface area contributed by atoms with Crippen LogP contribution >= 0.6 is 0 Å². The number of esters is 1. The lowest BCUT2D eigenvalue weighted by Crippen LogP contribution is -2.53. The minimum absolute atomic E-state index is 0.144. The summed E-state index contributed by atoms with van der Waals surface area (Å²) in [6.07, 6.45) is -0.215. The Morgan fingerprint density at radius 2 is 1.95 bits per heavy atom. The zero-order valence-corrected chi connectivity index (χ0v) is 13.2. The van der Waals surface area contributed by atoms with Crippen LogP contribution < -0.4 is 10.6 Å². The number of carbonyl (C=O) groups excluding carboxylic acids is 3. The topological polar surface area (TPSA) is 93.7 Å². The second-order valence-corrected chi connectivity index (χ2v) is 6.39. The first-order valence-corrected chi connectivity index (χ1v) is 7.06. The van der Waals surface area contributed by atoms with Gasteiger partial charge in [0.15, 0.2) is 0 Å². The average molecular weight is 300 g/mol. The summed E-state index contributed by atoms with van der Waals surface area (Å²) >= 11 is 0. The second-order valence-electron chi connectivity index (χ2n) is 6.39. The molecule has 21 heavy (non-hydrogen) atoms. The molecule has 0 unspecified atom stereocenters. The van der Waals surface area contributed by atoms with Crippen molar-refractivity contribution in [3.8, 4) is 0 Å². The summed E-state index contributed by atoms with van der Waals surface area (Å²) in [7, 11) is 0. The Morgan fingerprint density at radius 1 is 1.33 bits per heavy atom. The van der Waals surface area contributed by atoms with E-state index in [0.29, 0.717) is 13.0 Å². The molecule has 1 rings (SSSR count). The van der Waals surface area contributed by atoms with Crippen molar-refractivity contribution in [2.24, 2.45) is 5.92 Å². The van der Waals surface area contributed by atoms with Crippen LogP contribution in [0.3, 0.4) is 0 Å². The number of ether oxygens (including phenoxy) is 2. The molecule has 2 atom stereocenters. The van der Waals surface area contributed by atoms with Gasteiger partial charge in [-0.3, -0.25) is 4.79 Å². The first kappa shape index (κ1) is 17.3. The summed E-state index contributed by atoms with van der Waals surface area (Å²) in [5.74, 6) is -1.00. The maximum Gasteiger partial charge on any atom is 0.408 e. The summed E-state index contributed by atoms with van der Waals surface area (Å²) < 4.78 is 9.93. The lowest BCUT2D eigenvalue weighted by molar-refractivity contribution is -0.141. The number of carbonyl (C=O) groups is 3. The third kappa shape index (κ3) is 5.61. The number of alkyl carbamates (subject to hydrolysis) is 1. The summed E-state index contributed by atoms with van der Waals surface area (Å²) in [6, 6.07) is -1.41. The predicted molar refractivity (Wildman–Crippen MR) is 75.5 cm³/mol. The highest BCUT2D eigenvalue weighted by Crippen LogP contribution is 2.10. The molecule has 1 aliphatic rings. The van der Waals surface area contributed by atoms with E-state index in [1.165, 1.54) is 0 Å². The van der Waals surface area contributed by atoms with Gasteiger partial charge in [-0.15, -0.1) is 0 Å². The Kier molecular flexibility index (Phi) is 5.57. The van der Waals surface area contributed by atoms with E-state index in [9.17, 15) is 14.4 Å². The molecule has 0 aromatic heterocycles. The number of amides is 2. The van der Waals surface area contributed by atoms with E-state index in [1.54, 1.807) is 34.6 Å². The van der Waals surface area contributed by atoms with Gasteiger partial charge in [-0.05, 0) is 26.7 Å². The fraction of sp³-hybridized carbons (Fsp3) is 0.786. The molecular weight excluding hydrogens is 276 g/mol. The Balaban J connectivity index is 2.62. The van der Waals surface area contributed by atoms with Crippen molar-refractivity contribution in [1.82, 2.24) is 10.6 Å². The second kappa shape index (κ2) is 6.78. The lowest BCUT2D eigenvalue weighted by Gasteiger charge is -2.25. The maximum absolute atomic E-state index is 12.2. The molecule has 1 fully saturated rings. The summed E-state index contributed by atoms with van der Waals surface area (Å²) in [4.78, 5) is 35.3. The third-order valence-corrected chi connectivity index (χ3v) is 2.87. The minimum atomic E-state index is -0.770. The van der Waals surface area contributed by atoms with E-state index in [1.807, 2.05) is 0 Å². The van der Waals surface area contributed by atoms with Crippen LogP contribution in [0.2, 0.25) is 0 Å². The molecule has 2 N–H and O–H groups in total. The quantitative estimate of drug-likeness (QED) is 0.754. The standard InChI is InChI=1S/C14H24N2O5/c1-8(2)10(16-13(19)21-14(3,4)5)11(17)15-9-6-7-20-12(9)18/h8-10H,6-7H2,1-5H3,(H,15,17)(H,16,19)/t9-,10-/m0/s1. The highest BCUT2D eigenvalue weighted by atomic mass is 16.6. The van der Waals surface area contributed by atoms with Crippen LogP contribution in [0.1, 0.15) is 41.0 Å². The van der Waals surface area contributed by atoms with Crippen molar-refractivity contribution in [1.29, 1.82) is 0 Å². The van der Waals surface area contributed by atoms with Crippen LogP contribution in [-0.4, -0.2) is 42.3 Å². The summed E-state index contributed by atoms with van der Waals surface area (Å²) in [6.45, 7) is 9.13. The first-order chi connectivity index (χ1) is 9.60. The molecule has 1 aliphatic heterocycles. The molecule has 0 aromatic carbocycles. The van der Waals surface area contributed by atoms with Crippen molar-refractivity contribution < 1.29 is 23.9 Å². The van der Waals surface area contributed by atoms with Crippen molar-refractivity contribution in [2.45, 2.75) is 58.7 Å². The fourth-order valence-corrected chi connectivity index (χ4v) is 1.86. The molecule has 7 heteroatoms. The Hall–Kier alpha value is -1.79. The molecule has 0 bridgehead atoms. The summed E-state index contributed by atoms with van der Waals surface area (Å²) in [5.41, 5.74) is -0.642. The monoisotopic (exact) mass is 300 g/mol. The fourth-order valence-electron chi connectivity index (χ4n) is 1.86. The Morgan fingerprint density at radius 3 is 2.38 bits per heavy atom. The van der Waals surface area contributed by atoms with Crippen molar-refractivity contribution in [3.05, 3.63) is 0 Å². The molecule has 0 saturated carbocycles. The van der Waals surface area contributed by atoms with Gasteiger partial charge in [0, 0.05) is 6.42 Å².